The van der Waals surface area contributed by atoms with E-state index in [0.717, 1.165) is 27.4 Å². The van der Waals surface area contributed by atoms with E-state index >= 15 is 0 Å². The summed E-state index contributed by atoms with van der Waals surface area (Å²) in [5, 5.41) is 1.97. The number of hydrogen-bond donors (Lipinski definition) is 3. The largest absolute Gasteiger partial charge is 0.361 e. The van der Waals surface area contributed by atoms with Gasteiger partial charge in [-0.2, -0.15) is 0 Å². The average molecular weight is 360 g/mol. The van der Waals surface area contributed by atoms with Gasteiger partial charge in [-0.25, -0.2) is 0 Å². The summed E-state index contributed by atoms with van der Waals surface area (Å²) in [6, 6.07) is 15.6. The van der Waals surface area contributed by atoms with Crippen molar-refractivity contribution in [2.24, 2.45) is 7.05 Å². The van der Waals surface area contributed by atoms with Crippen molar-refractivity contribution in [3.05, 3.63) is 72.1 Å². The van der Waals surface area contributed by atoms with Crippen molar-refractivity contribution in [2.75, 3.05) is 0 Å². The lowest BCUT2D eigenvalue weighted by Gasteiger charge is -2.06. The van der Waals surface area contributed by atoms with Gasteiger partial charge < -0.3 is 9.55 Å². The SMILES string of the molecule is Cn1cc(C(=O)NNC(=O)CCc2c[nH]c3ccccc23)c2ccccc21. The summed E-state index contributed by atoms with van der Waals surface area (Å²) in [6.07, 6.45) is 4.57. The van der Waals surface area contributed by atoms with E-state index in [1.807, 2.05) is 66.3 Å². The first-order chi connectivity index (χ1) is 13.1. The zero-order valence-corrected chi connectivity index (χ0v) is 15.0. The van der Waals surface area contributed by atoms with Crippen LogP contribution in [-0.2, 0) is 18.3 Å². The molecule has 4 rings (SSSR count). The Morgan fingerprint density at radius 2 is 1.74 bits per heavy atom. The first kappa shape index (κ1) is 16.9. The molecule has 136 valence electrons. The predicted octanol–water partition coefficient (Wildman–Crippen LogP) is 3.05. The summed E-state index contributed by atoms with van der Waals surface area (Å²) in [5.41, 5.74) is 8.66. The first-order valence-electron chi connectivity index (χ1n) is 8.82. The zero-order chi connectivity index (χ0) is 18.8. The molecule has 0 aliphatic rings. The van der Waals surface area contributed by atoms with Crippen LogP contribution in [0.1, 0.15) is 22.3 Å². The number of aromatic nitrogens is 2. The van der Waals surface area contributed by atoms with Crippen molar-refractivity contribution in [3.8, 4) is 0 Å². The highest BCUT2D eigenvalue weighted by atomic mass is 16.2. The molecule has 0 spiro atoms. The van der Waals surface area contributed by atoms with Crippen molar-refractivity contribution in [1.29, 1.82) is 0 Å². The zero-order valence-electron chi connectivity index (χ0n) is 15.0. The first-order valence-corrected chi connectivity index (χ1v) is 8.82. The molecule has 2 aromatic heterocycles. The molecule has 6 nitrogen and oxygen atoms in total. The molecule has 2 heterocycles. The van der Waals surface area contributed by atoms with E-state index in [-0.39, 0.29) is 18.2 Å². The molecule has 0 unspecified atom stereocenters. The number of amides is 2. The summed E-state index contributed by atoms with van der Waals surface area (Å²) in [7, 11) is 1.89. The van der Waals surface area contributed by atoms with Gasteiger partial charge in [-0.1, -0.05) is 36.4 Å². The molecule has 0 bridgehead atoms. The molecule has 0 saturated heterocycles. The molecule has 0 atom stereocenters. The maximum atomic E-state index is 12.4. The van der Waals surface area contributed by atoms with Crippen LogP contribution in [0, 0.1) is 0 Å². The van der Waals surface area contributed by atoms with Crippen LogP contribution in [0.2, 0.25) is 0 Å². The Labute approximate surface area is 156 Å². The maximum Gasteiger partial charge on any atom is 0.271 e. The predicted molar refractivity (Wildman–Crippen MR) is 105 cm³/mol. The number of nitrogens with one attached hydrogen (secondary N) is 3. The van der Waals surface area contributed by atoms with Gasteiger partial charge in [0.25, 0.3) is 5.91 Å². The quantitative estimate of drug-likeness (QED) is 0.489. The van der Waals surface area contributed by atoms with Crippen molar-refractivity contribution >= 4 is 33.6 Å². The van der Waals surface area contributed by atoms with Gasteiger partial charge in [-0.3, -0.25) is 20.4 Å². The molecule has 4 aromatic rings. The summed E-state index contributed by atoms with van der Waals surface area (Å²) >= 11 is 0. The van der Waals surface area contributed by atoms with Gasteiger partial charge in [-0.15, -0.1) is 0 Å². The highest BCUT2D eigenvalue weighted by Crippen LogP contribution is 2.20. The number of carbonyl (C=O) groups is 2. The van der Waals surface area contributed by atoms with Crippen molar-refractivity contribution in [3.63, 3.8) is 0 Å². The Kier molecular flexibility index (Phi) is 4.38. The van der Waals surface area contributed by atoms with Crippen LogP contribution >= 0.6 is 0 Å². The molecular formula is C21H20N4O2. The Balaban J connectivity index is 1.37. The Bertz CT molecular complexity index is 1140. The van der Waals surface area contributed by atoms with E-state index in [9.17, 15) is 9.59 Å². The lowest BCUT2D eigenvalue weighted by Crippen LogP contribution is -2.41. The molecular weight excluding hydrogens is 340 g/mol. The van der Waals surface area contributed by atoms with Crippen LogP contribution in [0.3, 0.4) is 0 Å². The number of aromatic amines is 1. The molecule has 6 heteroatoms. The van der Waals surface area contributed by atoms with Gasteiger partial charge >= 0.3 is 0 Å². The molecule has 0 aliphatic carbocycles. The minimum Gasteiger partial charge on any atom is -0.361 e. The number of benzene rings is 2. The van der Waals surface area contributed by atoms with Crippen molar-refractivity contribution in [2.45, 2.75) is 12.8 Å². The van der Waals surface area contributed by atoms with Crippen molar-refractivity contribution in [1.82, 2.24) is 20.4 Å². The van der Waals surface area contributed by atoms with E-state index in [4.69, 9.17) is 0 Å². The number of para-hydroxylation sites is 2. The number of aryl methyl sites for hydroxylation is 2. The van der Waals surface area contributed by atoms with E-state index in [1.165, 1.54) is 0 Å². The number of H-pyrrole nitrogens is 1. The monoisotopic (exact) mass is 360 g/mol. The van der Waals surface area contributed by atoms with E-state index in [0.29, 0.717) is 12.0 Å². The third-order valence-corrected chi connectivity index (χ3v) is 4.75. The van der Waals surface area contributed by atoms with Gasteiger partial charge in [0.2, 0.25) is 5.91 Å². The van der Waals surface area contributed by atoms with Crippen LogP contribution in [0.4, 0.5) is 0 Å². The summed E-state index contributed by atoms with van der Waals surface area (Å²) in [5.74, 6) is -0.555. The molecule has 0 aliphatic heterocycles. The van der Waals surface area contributed by atoms with Crippen LogP contribution in [-0.4, -0.2) is 21.4 Å². The minimum atomic E-state index is -0.327. The highest BCUT2D eigenvalue weighted by molar-refractivity contribution is 6.07. The second kappa shape index (κ2) is 6.99. The lowest BCUT2D eigenvalue weighted by atomic mass is 10.1. The molecule has 0 radical (unpaired) electrons. The number of hydrazine groups is 1. The number of nitrogens with zero attached hydrogens (tertiary/aromatic N) is 1. The summed E-state index contributed by atoms with van der Waals surface area (Å²) in [6.45, 7) is 0. The molecule has 27 heavy (non-hydrogen) atoms. The Morgan fingerprint density at radius 3 is 2.59 bits per heavy atom. The molecule has 0 saturated carbocycles. The highest BCUT2D eigenvalue weighted by Gasteiger charge is 2.14. The fraction of sp³-hybridized carbons (Fsp3) is 0.143. The van der Waals surface area contributed by atoms with Gasteiger partial charge in [0, 0.05) is 47.7 Å². The normalized spacial score (nSPS) is 11.0. The van der Waals surface area contributed by atoms with E-state index < -0.39 is 0 Å². The van der Waals surface area contributed by atoms with Crippen molar-refractivity contribution < 1.29 is 9.59 Å². The number of rotatable bonds is 4. The van der Waals surface area contributed by atoms with Gasteiger partial charge in [0.1, 0.15) is 0 Å². The van der Waals surface area contributed by atoms with Gasteiger partial charge in [0.05, 0.1) is 5.56 Å². The standard InChI is InChI=1S/C21H20N4O2/c1-25-13-17(16-7-3-5-9-19(16)25)21(27)24-23-20(26)11-10-14-12-22-18-8-4-2-6-15(14)18/h2-9,12-13,22H,10-11H2,1H3,(H,23,26)(H,24,27). The van der Waals surface area contributed by atoms with Gasteiger partial charge in [0.15, 0.2) is 0 Å². The average Bonchev–Trinajstić information content (AvgIpc) is 3.26. The van der Waals surface area contributed by atoms with Crippen LogP contribution < -0.4 is 10.9 Å². The van der Waals surface area contributed by atoms with E-state index in [2.05, 4.69) is 15.8 Å². The fourth-order valence-electron chi connectivity index (χ4n) is 3.37. The lowest BCUT2D eigenvalue weighted by molar-refractivity contribution is -0.121. The molecule has 3 N–H and O–H groups in total. The third-order valence-electron chi connectivity index (χ3n) is 4.75. The smallest absolute Gasteiger partial charge is 0.271 e. The summed E-state index contributed by atoms with van der Waals surface area (Å²) < 4.78 is 1.89. The Hall–Kier alpha value is -3.54. The summed E-state index contributed by atoms with van der Waals surface area (Å²) in [4.78, 5) is 27.8. The van der Waals surface area contributed by atoms with Crippen LogP contribution in [0.25, 0.3) is 21.8 Å². The van der Waals surface area contributed by atoms with Crippen LogP contribution in [0.5, 0.6) is 0 Å². The second-order valence-corrected chi connectivity index (χ2v) is 6.53. The van der Waals surface area contributed by atoms with E-state index in [1.54, 1.807) is 6.20 Å². The molecule has 0 fully saturated rings. The van der Waals surface area contributed by atoms with Gasteiger partial charge in [-0.05, 0) is 24.1 Å². The van der Waals surface area contributed by atoms with Crippen LogP contribution in [0.15, 0.2) is 60.9 Å². The maximum absolute atomic E-state index is 12.4. The number of carbonyl (C=O) groups excluding carboxylic acids is 2. The third kappa shape index (κ3) is 3.29. The molecule has 2 aromatic carbocycles. The number of hydrogen-bond acceptors (Lipinski definition) is 2. The Morgan fingerprint density at radius 1 is 1.00 bits per heavy atom. The second-order valence-electron chi connectivity index (χ2n) is 6.53. The molecule has 2 amide bonds. The minimum absolute atomic E-state index is 0.228. The number of fused-ring (bicyclic) bond motifs is 2. The fourth-order valence-corrected chi connectivity index (χ4v) is 3.37. The topological polar surface area (TPSA) is 78.9 Å².